The Morgan fingerprint density at radius 2 is 1.91 bits per heavy atom. The van der Waals surface area contributed by atoms with Gasteiger partial charge in [-0.05, 0) is 6.42 Å². The van der Waals surface area contributed by atoms with E-state index in [9.17, 15) is 0 Å². The minimum absolute atomic E-state index is 0.225. The summed E-state index contributed by atoms with van der Waals surface area (Å²) in [5, 5.41) is 8.88. The summed E-state index contributed by atoms with van der Waals surface area (Å²) < 4.78 is 0. The number of nitrogens with zero attached hydrogens (tertiary/aromatic N) is 7. The highest BCUT2D eigenvalue weighted by molar-refractivity contribution is 5.51. The van der Waals surface area contributed by atoms with Crippen molar-refractivity contribution >= 4 is 17.6 Å². The molecule has 0 bridgehead atoms. The molecule has 1 aliphatic rings. The average molecular weight is 310 g/mol. The first-order valence-corrected chi connectivity index (χ1v) is 7.54. The van der Waals surface area contributed by atoms with Gasteiger partial charge in [0.15, 0.2) is 0 Å². The lowest BCUT2D eigenvalue weighted by molar-refractivity contribution is 0.633. The quantitative estimate of drug-likeness (QED) is 0.878. The van der Waals surface area contributed by atoms with Crippen LogP contribution in [0.4, 0.5) is 17.6 Å². The van der Waals surface area contributed by atoms with Gasteiger partial charge in [-0.2, -0.15) is 10.2 Å². The minimum Gasteiger partial charge on any atom is -0.382 e. The molecule has 0 saturated carbocycles. The fourth-order valence-electron chi connectivity index (χ4n) is 2.51. The summed E-state index contributed by atoms with van der Waals surface area (Å²) in [7, 11) is 0. The summed E-state index contributed by atoms with van der Waals surface area (Å²) in [4.78, 5) is 21.3. The molecule has 3 heterocycles. The number of rotatable bonds is 3. The van der Waals surface area contributed by atoms with Crippen LogP contribution in [0.1, 0.15) is 18.2 Å². The number of hydrogen-bond acceptors (Lipinski definition) is 8. The van der Waals surface area contributed by atoms with Crippen molar-refractivity contribution in [3.8, 4) is 6.07 Å². The van der Waals surface area contributed by atoms with Crippen LogP contribution in [0.15, 0.2) is 18.6 Å². The van der Waals surface area contributed by atoms with Crippen LogP contribution >= 0.6 is 0 Å². The van der Waals surface area contributed by atoms with E-state index in [-0.39, 0.29) is 5.82 Å². The van der Waals surface area contributed by atoms with Crippen molar-refractivity contribution < 1.29 is 0 Å². The molecule has 2 aromatic heterocycles. The van der Waals surface area contributed by atoms with Gasteiger partial charge in [-0.15, -0.1) is 0 Å². The van der Waals surface area contributed by atoms with Crippen molar-refractivity contribution in [1.29, 1.82) is 5.26 Å². The first-order valence-electron chi connectivity index (χ1n) is 7.54. The van der Waals surface area contributed by atoms with Crippen LogP contribution in [0.5, 0.6) is 0 Å². The first kappa shape index (κ1) is 15.0. The molecule has 0 amide bonds. The van der Waals surface area contributed by atoms with E-state index in [1.54, 1.807) is 6.33 Å². The lowest BCUT2D eigenvalue weighted by Crippen LogP contribution is -2.47. The molecule has 0 aromatic carbocycles. The molecule has 8 heteroatoms. The van der Waals surface area contributed by atoms with Crippen LogP contribution in [0.2, 0.25) is 0 Å². The Bertz CT molecular complexity index is 730. The highest BCUT2D eigenvalue weighted by atomic mass is 15.3. The van der Waals surface area contributed by atoms with Gasteiger partial charge < -0.3 is 15.5 Å². The predicted octanol–water partition coefficient (Wildman–Crippen LogP) is 0.609. The molecule has 0 aliphatic carbocycles. The van der Waals surface area contributed by atoms with Gasteiger partial charge in [0.25, 0.3) is 0 Å². The molecule has 118 valence electrons. The van der Waals surface area contributed by atoms with Gasteiger partial charge in [0, 0.05) is 37.9 Å². The summed E-state index contributed by atoms with van der Waals surface area (Å²) in [5.74, 6) is 1.75. The second kappa shape index (κ2) is 6.44. The molecular weight excluding hydrogens is 292 g/mol. The topological polar surface area (TPSA) is 108 Å². The summed E-state index contributed by atoms with van der Waals surface area (Å²) in [6.07, 6.45) is 3.99. The van der Waals surface area contributed by atoms with Crippen molar-refractivity contribution in [3.63, 3.8) is 0 Å². The van der Waals surface area contributed by atoms with Crippen LogP contribution in [0.3, 0.4) is 0 Å². The second-order valence-electron chi connectivity index (χ2n) is 5.28. The normalized spacial score (nSPS) is 14.6. The van der Waals surface area contributed by atoms with Crippen LogP contribution in [-0.2, 0) is 6.42 Å². The molecule has 0 unspecified atom stereocenters. The standard InChI is InChI=1S/C15H18N8/c1-2-12-7-13(20-10-19-12)22-3-5-23(6-4-22)15-18-9-11(8-16)14(17)21-15/h7,9-10H,2-6H2,1H3,(H2,17,18,21). The predicted molar refractivity (Wildman–Crippen MR) is 87.0 cm³/mol. The summed E-state index contributed by atoms with van der Waals surface area (Å²) >= 11 is 0. The number of hydrogen-bond donors (Lipinski definition) is 1. The average Bonchev–Trinajstić information content (AvgIpc) is 2.62. The Kier molecular flexibility index (Phi) is 4.19. The third-order valence-corrected chi connectivity index (χ3v) is 3.88. The summed E-state index contributed by atoms with van der Waals surface area (Å²) in [5.41, 5.74) is 7.11. The molecule has 2 N–H and O–H groups in total. The Balaban J connectivity index is 1.68. The molecule has 3 rings (SSSR count). The maximum Gasteiger partial charge on any atom is 0.227 e. The molecule has 1 saturated heterocycles. The number of aromatic nitrogens is 4. The molecule has 23 heavy (non-hydrogen) atoms. The number of aryl methyl sites for hydroxylation is 1. The first-order chi connectivity index (χ1) is 11.2. The summed E-state index contributed by atoms with van der Waals surface area (Å²) in [6, 6.07) is 4.01. The van der Waals surface area contributed by atoms with Crippen molar-refractivity contribution in [2.24, 2.45) is 0 Å². The number of nitrogen functional groups attached to an aromatic ring is 1. The van der Waals surface area contributed by atoms with E-state index in [0.717, 1.165) is 44.1 Å². The zero-order chi connectivity index (χ0) is 16.2. The molecular formula is C15H18N8. The van der Waals surface area contributed by atoms with Gasteiger partial charge in [-0.3, -0.25) is 0 Å². The Labute approximate surface area is 134 Å². The van der Waals surface area contributed by atoms with Crippen molar-refractivity contribution in [3.05, 3.63) is 29.8 Å². The van der Waals surface area contributed by atoms with E-state index in [2.05, 4.69) is 36.7 Å². The molecule has 1 fully saturated rings. The summed E-state index contributed by atoms with van der Waals surface area (Å²) in [6.45, 7) is 5.27. The third-order valence-electron chi connectivity index (χ3n) is 3.88. The largest absolute Gasteiger partial charge is 0.382 e. The van der Waals surface area contributed by atoms with Crippen LogP contribution in [0, 0.1) is 11.3 Å². The van der Waals surface area contributed by atoms with Gasteiger partial charge in [0.2, 0.25) is 5.95 Å². The van der Waals surface area contributed by atoms with Gasteiger partial charge in [0.05, 0.1) is 6.20 Å². The molecule has 2 aromatic rings. The molecule has 0 spiro atoms. The van der Waals surface area contributed by atoms with Crippen LogP contribution in [-0.4, -0.2) is 46.1 Å². The maximum absolute atomic E-state index is 8.88. The van der Waals surface area contributed by atoms with E-state index >= 15 is 0 Å². The third kappa shape index (κ3) is 3.13. The smallest absolute Gasteiger partial charge is 0.227 e. The minimum atomic E-state index is 0.225. The van der Waals surface area contributed by atoms with Gasteiger partial charge in [0.1, 0.15) is 29.6 Å². The van der Waals surface area contributed by atoms with Crippen molar-refractivity contribution in [2.45, 2.75) is 13.3 Å². The monoisotopic (exact) mass is 310 g/mol. The molecule has 8 nitrogen and oxygen atoms in total. The van der Waals surface area contributed by atoms with Crippen molar-refractivity contribution in [2.75, 3.05) is 41.7 Å². The highest BCUT2D eigenvalue weighted by Crippen LogP contribution is 2.18. The second-order valence-corrected chi connectivity index (χ2v) is 5.28. The number of anilines is 3. The SMILES string of the molecule is CCc1cc(N2CCN(c3ncc(C#N)c(N)n3)CC2)ncn1. The Morgan fingerprint density at radius 3 is 2.57 bits per heavy atom. The van der Waals surface area contributed by atoms with E-state index in [1.807, 2.05) is 12.1 Å². The van der Waals surface area contributed by atoms with E-state index < -0.39 is 0 Å². The fraction of sp³-hybridized carbons (Fsp3) is 0.400. The Morgan fingerprint density at radius 1 is 1.17 bits per heavy atom. The zero-order valence-corrected chi connectivity index (χ0v) is 13.0. The van der Waals surface area contributed by atoms with Crippen LogP contribution in [0.25, 0.3) is 0 Å². The maximum atomic E-state index is 8.88. The number of nitrogens with two attached hydrogens (primary N) is 1. The van der Waals surface area contributed by atoms with Gasteiger partial charge >= 0.3 is 0 Å². The fourth-order valence-corrected chi connectivity index (χ4v) is 2.51. The van der Waals surface area contributed by atoms with Gasteiger partial charge in [-0.25, -0.2) is 15.0 Å². The van der Waals surface area contributed by atoms with E-state index in [4.69, 9.17) is 11.0 Å². The zero-order valence-electron chi connectivity index (χ0n) is 13.0. The number of nitriles is 1. The lowest BCUT2D eigenvalue weighted by atomic mass is 10.2. The van der Waals surface area contributed by atoms with E-state index in [1.165, 1.54) is 6.20 Å². The Hall–Kier alpha value is -2.95. The number of piperazine rings is 1. The molecule has 0 radical (unpaired) electrons. The lowest BCUT2D eigenvalue weighted by Gasteiger charge is -2.35. The van der Waals surface area contributed by atoms with E-state index in [0.29, 0.717) is 11.5 Å². The highest BCUT2D eigenvalue weighted by Gasteiger charge is 2.20. The van der Waals surface area contributed by atoms with Gasteiger partial charge in [-0.1, -0.05) is 6.92 Å². The van der Waals surface area contributed by atoms with Crippen LogP contribution < -0.4 is 15.5 Å². The van der Waals surface area contributed by atoms with Crippen molar-refractivity contribution in [1.82, 2.24) is 19.9 Å². The molecule has 1 aliphatic heterocycles. The molecule has 0 atom stereocenters.